The number of alkyl halides is 3. The van der Waals surface area contributed by atoms with Crippen molar-refractivity contribution >= 4 is 23.0 Å². The van der Waals surface area contributed by atoms with Gasteiger partial charge in [0.2, 0.25) is 0 Å². The smallest absolute Gasteiger partial charge is 0.391 e. The molecule has 0 amide bonds. The molecule has 0 aromatic heterocycles. The Balaban J connectivity index is 2.30. The van der Waals surface area contributed by atoms with Crippen LogP contribution in [0.5, 0.6) is 0 Å². The number of nitrogens with one attached hydrogen (secondary N) is 1. The van der Waals surface area contributed by atoms with Gasteiger partial charge in [-0.1, -0.05) is 17.7 Å². The molecule has 0 aliphatic heterocycles. The van der Waals surface area contributed by atoms with Crippen LogP contribution in [-0.2, 0) is 11.4 Å². The molecule has 0 unspecified atom stereocenters. The second-order valence-electron chi connectivity index (χ2n) is 7.21. The summed E-state index contributed by atoms with van der Waals surface area (Å²) < 4.78 is 80.5. The van der Waals surface area contributed by atoms with Gasteiger partial charge in [0.25, 0.3) is 0 Å². The fourth-order valence-electron chi connectivity index (χ4n) is 2.69. The van der Waals surface area contributed by atoms with Crippen LogP contribution in [0.3, 0.4) is 0 Å². The quantitative estimate of drug-likeness (QED) is 0.420. The fraction of sp³-hybridized carbons (Fsp3) is 0.625. The number of rotatable bonds is 4. The van der Waals surface area contributed by atoms with Crippen molar-refractivity contribution in [2.75, 3.05) is 0 Å². The zero-order valence-corrected chi connectivity index (χ0v) is 15.5. The lowest BCUT2D eigenvalue weighted by Crippen LogP contribution is -2.47. The topological polar surface area (TPSA) is 35.1 Å². The van der Waals surface area contributed by atoms with E-state index in [0.717, 1.165) is 12.1 Å². The van der Waals surface area contributed by atoms with E-state index in [1.165, 1.54) is 0 Å². The molecule has 2 nitrogen and oxygen atoms in total. The van der Waals surface area contributed by atoms with E-state index < -0.39 is 56.8 Å². The van der Waals surface area contributed by atoms with E-state index in [1.807, 2.05) is 0 Å². The molecular weight excluding hydrogens is 385 g/mol. The van der Waals surface area contributed by atoms with Gasteiger partial charge < -0.3 is 4.55 Å². The standard InChI is InChI=1S/C16H19ClF5NOS/c1-15(2,3)25(24)23-14(8-6-9(7-8)16(20,21)22)10-4-5-11(18)12(17)13(10)19/h4-5,8-9,14,23H,6-7H2,1-3H3/t8-,9+,14-,25-/m1/s1. The molecule has 1 saturated carbocycles. The van der Waals surface area contributed by atoms with Gasteiger partial charge in [-0.25, -0.2) is 8.78 Å². The molecule has 0 spiro atoms. The van der Waals surface area contributed by atoms with E-state index in [1.54, 1.807) is 20.8 Å². The van der Waals surface area contributed by atoms with Gasteiger partial charge in [0, 0.05) is 16.9 Å². The van der Waals surface area contributed by atoms with Gasteiger partial charge in [0.15, 0.2) is 0 Å². The summed E-state index contributed by atoms with van der Waals surface area (Å²) in [6.07, 6.45) is -4.74. The van der Waals surface area contributed by atoms with Crippen LogP contribution in [0.25, 0.3) is 0 Å². The molecule has 25 heavy (non-hydrogen) atoms. The first kappa shape index (κ1) is 20.7. The molecule has 0 bridgehead atoms. The predicted octanol–water partition coefficient (Wildman–Crippen LogP) is 5.30. The molecule has 0 heterocycles. The van der Waals surface area contributed by atoms with Crippen LogP contribution in [-0.4, -0.2) is 15.5 Å². The molecule has 9 heteroatoms. The number of hydrogen-bond donors (Lipinski definition) is 1. The first-order valence-corrected chi connectivity index (χ1v) is 9.23. The number of hydrogen-bond acceptors (Lipinski definition) is 2. The third kappa shape index (κ3) is 4.59. The highest BCUT2D eigenvalue weighted by atomic mass is 35.5. The third-order valence-electron chi connectivity index (χ3n) is 4.30. The first-order valence-electron chi connectivity index (χ1n) is 7.70. The summed E-state index contributed by atoms with van der Waals surface area (Å²) in [7, 11) is 0. The van der Waals surface area contributed by atoms with Crippen LogP contribution in [0.4, 0.5) is 22.0 Å². The summed E-state index contributed by atoms with van der Waals surface area (Å²) in [6, 6.07) is 1.14. The maximum atomic E-state index is 14.4. The highest BCUT2D eigenvalue weighted by molar-refractivity contribution is 7.90. The molecule has 1 aromatic carbocycles. The Bertz CT molecular complexity index is 628. The summed E-state index contributed by atoms with van der Waals surface area (Å²) in [5.41, 5.74) is -0.0744. The van der Waals surface area contributed by atoms with Crippen LogP contribution >= 0.6 is 11.6 Å². The third-order valence-corrected chi connectivity index (χ3v) is 6.23. The van der Waals surface area contributed by atoms with Crippen LogP contribution < -0.4 is 4.72 Å². The van der Waals surface area contributed by atoms with E-state index in [4.69, 9.17) is 11.6 Å². The number of benzene rings is 1. The monoisotopic (exact) mass is 403 g/mol. The first-order chi connectivity index (χ1) is 11.3. The lowest BCUT2D eigenvalue weighted by molar-refractivity contribution is -0.206. The van der Waals surface area contributed by atoms with Crippen molar-refractivity contribution in [1.82, 2.24) is 4.72 Å². The Labute approximate surface area is 151 Å². The van der Waals surface area contributed by atoms with Gasteiger partial charge in [-0.05, 0) is 45.6 Å². The van der Waals surface area contributed by atoms with Gasteiger partial charge in [0.05, 0.1) is 12.0 Å². The van der Waals surface area contributed by atoms with Crippen molar-refractivity contribution < 1.29 is 26.5 Å². The molecular formula is C16H19ClF5NOS. The second kappa shape index (κ2) is 7.21. The SMILES string of the molecule is CC(C)(C)[S@@+]([O-])N[C@@H](c1ccc(F)c(Cl)c1F)[C@H]1C[C@@H](C(F)(F)F)C1. The van der Waals surface area contributed by atoms with E-state index in [2.05, 4.69) is 4.72 Å². The predicted molar refractivity (Wildman–Crippen MR) is 87.4 cm³/mol. The highest BCUT2D eigenvalue weighted by Gasteiger charge is 2.51. The van der Waals surface area contributed by atoms with Crippen LogP contribution in [0.2, 0.25) is 5.02 Å². The molecule has 1 fully saturated rings. The molecule has 2 rings (SSSR count). The zero-order valence-electron chi connectivity index (χ0n) is 13.9. The second-order valence-corrected chi connectivity index (χ2v) is 9.59. The Hall–Kier alpha value is -0.570. The van der Waals surface area contributed by atoms with Crippen LogP contribution in [0, 0.1) is 23.5 Å². The van der Waals surface area contributed by atoms with Gasteiger partial charge in [-0.3, -0.25) is 0 Å². The Morgan fingerprint density at radius 2 is 1.76 bits per heavy atom. The van der Waals surface area contributed by atoms with E-state index >= 15 is 0 Å². The van der Waals surface area contributed by atoms with Crippen molar-refractivity contribution in [3.63, 3.8) is 0 Å². The van der Waals surface area contributed by atoms with Crippen molar-refractivity contribution in [2.45, 2.75) is 50.6 Å². The van der Waals surface area contributed by atoms with Gasteiger partial charge in [-0.2, -0.15) is 13.2 Å². The minimum absolute atomic E-state index is 0.0744. The van der Waals surface area contributed by atoms with Gasteiger partial charge >= 0.3 is 6.18 Å². The maximum absolute atomic E-state index is 14.4. The highest BCUT2D eigenvalue weighted by Crippen LogP contribution is 2.50. The summed E-state index contributed by atoms with van der Waals surface area (Å²) in [6.45, 7) is 5.04. The van der Waals surface area contributed by atoms with E-state index in [0.29, 0.717) is 0 Å². The molecule has 1 aliphatic rings. The molecule has 1 aromatic rings. The summed E-state index contributed by atoms with van der Waals surface area (Å²) in [5.74, 6) is -4.04. The Morgan fingerprint density at radius 1 is 1.20 bits per heavy atom. The van der Waals surface area contributed by atoms with Gasteiger partial charge in [0.1, 0.15) is 21.4 Å². The van der Waals surface area contributed by atoms with Crippen molar-refractivity contribution in [3.8, 4) is 0 Å². The molecule has 1 N–H and O–H groups in total. The average molecular weight is 404 g/mol. The largest absolute Gasteiger partial charge is 0.598 e. The molecule has 2 atom stereocenters. The minimum Gasteiger partial charge on any atom is -0.598 e. The Morgan fingerprint density at radius 3 is 2.24 bits per heavy atom. The summed E-state index contributed by atoms with van der Waals surface area (Å²) in [4.78, 5) is 0. The lowest BCUT2D eigenvalue weighted by Gasteiger charge is -2.42. The van der Waals surface area contributed by atoms with Crippen molar-refractivity contribution in [3.05, 3.63) is 34.4 Å². The fourth-order valence-corrected chi connectivity index (χ4v) is 3.76. The summed E-state index contributed by atoms with van der Waals surface area (Å²) >= 11 is 3.94. The van der Waals surface area contributed by atoms with Crippen molar-refractivity contribution in [2.24, 2.45) is 11.8 Å². The molecule has 0 saturated heterocycles. The molecule has 142 valence electrons. The molecule has 0 radical (unpaired) electrons. The lowest BCUT2D eigenvalue weighted by atomic mass is 9.69. The number of halogens is 6. The van der Waals surface area contributed by atoms with Crippen LogP contribution in [0.1, 0.15) is 45.2 Å². The van der Waals surface area contributed by atoms with E-state index in [-0.39, 0.29) is 18.4 Å². The Kier molecular flexibility index (Phi) is 5.98. The molecule has 1 aliphatic carbocycles. The maximum Gasteiger partial charge on any atom is 0.391 e. The van der Waals surface area contributed by atoms with E-state index in [9.17, 15) is 26.5 Å². The average Bonchev–Trinajstić information content (AvgIpc) is 2.40. The minimum atomic E-state index is -4.32. The summed E-state index contributed by atoms with van der Waals surface area (Å²) in [5, 5.41) is -0.725. The van der Waals surface area contributed by atoms with Gasteiger partial charge in [-0.15, -0.1) is 4.72 Å². The van der Waals surface area contributed by atoms with Crippen molar-refractivity contribution in [1.29, 1.82) is 0 Å². The normalized spacial score (nSPS) is 23.9. The van der Waals surface area contributed by atoms with Crippen LogP contribution in [0.15, 0.2) is 12.1 Å². The zero-order chi connectivity index (χ0) is 19.2.